The molecule has 1 fully saturated rings. The fourth-order valence-corrected chi connectivity index (χ4v) is 2.93. The van der Waals surface area contributed by atoms with Crippen molar-refractivity contribution in [2.75, 3.05) is 19.5 Å². The van der Waals surface area contributed by atoms with Crippen molar-refractivity contribution in [3.63, 3.8) is 0 Å². The first-order valence-electron chi connectivity index (χ1n) is 6.89. The van der Waals surface area contributed by atoms with Crippen LogP contribution in [0.4, 0.5) is 5.95 Å². The van der Waals surface area contributed by atoms with Crippen molar-refractivity contribution < 1.29 is 28.3 Å². The molecule has 2 aromatic heterocycles. The van der Waals surface area contributed by atoms with Crippen LogP contribution in [0.1, 0.15) is 12.6 Å². The Kier molecular flexibility index (Phi) is 4.42. The van der Waals surface area contributed by atoms with Gasteiger partial charge in [0, 0.05) is 13.5 Å². The van der Waals surface area contributed by atoms with Crippen LogP contribution in [0.25, 0.3) is 11.2 Å². The quantitative estimate of drug-likeness (QED) is 0.489. The Labute approximate surface area is 134 Å². The first-order valence-corrected chi connectivity index (χ1v) is 8.42. The zero-order valence-electron chi connectivity index (χ0n) is 12.5. The van der Waals surface area contributed by atoms with Gasteiger partial charge in [0.15, 0.2) is 11.2 Å². The third-order valence-corrected chi connectivity index (χ3v) is 4.14. The number of aromatic amines is 1. The molecule has 0 aromatic carbocycles. The molecule has 0 amide bonds. The summed E-state index contributed by atoms with van der Waals surface area (Å²) in [7, 11) is -3.16. The number of methoxy groups -OCH3 is 1. The van der Waals surface area contributed by atoms with Gasteiger partial charge in [0.05, 0.1) is 19.0 Å². The van der Waals surface area contributed by atoms with Gasteiger partial charge in [-0.2, -0.15) is 4.98 Å². The zero-order valence-corrected chi connectivity index (χ0v) is 13.4. The molecule has 0 saturated carbocycles. The number of aromatic nitrogens is 4. The highest BCUT2D eigenvalue weighted by atomic mass is 31.2. The van der Waals surface area contributed by atoms with Gasteiger partial charge in [-0.1, -0.05) is 0 Å². The molecule has 3 heterocycles. The number of phosphoric acid groups is 1. The van der Waals surface area contributed by atoms with E-state index in [9.17, 15) is 9.36 Å². The van der Waals surface area contributed by atoms with Crippen LogP contribution in [0.15, 0.2) is 11.1 Å². The molecular formula is C11H16N5O7P. The third kappa shape index (κ3) is 3.34. The molecule has 0 bridgehead atoms. The van der Waals surface area contributed by atoms with Crippen molar-refractivity contribution >= 4 is 24.9 Å². The van der Waals surface area contributed by atoms with Crippen LogP contribution in [0.5, 0.6) is 0 Å². The summed E-state index contributed by atoms with van der Waals surface area (Å²) in [5, 5.41) is 0. The highest BCUT2D eigenvalue weighted by molar-refractivity contribution is 7.46. The molecule has 1 saturated heterocycles. The number of phosphoric ester groups is 1. The number of ether oxygens (including phenoxy) is 2. The van der Waals surface area contributed by atoms with E-state index in [1.165, 1.54) is 18.0 Å². The van der Waals surface area contributed by atoms with Crippen molar-refractivity contribution in [3.05, 3.63) is 16.7 Å². The van der Waals surface area contributed by atoms with Crippen molar-refractivity contribution in [1.29, 1.82) is 0 Å². The minimum Gasteiger partial charge on any atom is -0.378 e. The molecule has 12 nitrogen and oxygen atoms in total. The van der Waals surface area contributed by atoms with Crippen molar-refractivity contribution in [2.45, 2.75) is 24.9 Å². The van der Waals surface area contributed by atoms with E-state index < -0.39 is 31.8 Å². The Hall–Kier alpha value is -1.82. The van der Waals surface area contributed by atoms with E-state index in [0.29, 0.717) is 6.42 Å². The topological polar surface area (TPSA) is 175 Å². The maximum absolute atomic E-state index is 11.8. The summed E-state index contributed by atoms with van der Waals surface area (Å²) in [6, 6.07) is 0. The average molecular weight is 361 g/mol. The highest BCUT2D eigenvalue weighted by Gasteiger charge is 2.38. The number of nitrogens with zero attached hydrogens (tertiary/aromatic N) is 3. The van der Waals surface area contributed by atoms with Crippen LogP contribution >= 0.6 is 7.82 Å². The number of imidazole rings is 1. The molecule has 1 aliphatic rings. The molecule has 3 atom stereocenters. The molecular weight excluding hydrogens is 345 g/mol. The van der Waals surface area contributed by atoms with Gasteiger partial charge >= 0.3 is 7.82 Å². The third-order valence-electron chi connectivity index (χ3n) is 3.65. The lowest BCUT2D eigenvalue weighted by Crippen LogP contribution is -2.27. The minimum absolute atomic E-state index is 0.0584. The van der Waals surface area contributed by atoms with E-state index in [1.54, 1.807) is 0 Å². The van der Waals surface area contributed by atoms with Crippen LogP contribution in [0, 0.1) is 0 Å². The van der Waals surface area contributed by atoms with Crippen molar-refractivity contribution in [2.24, 2.45) is 0 Å². The fourth-order valence-electron chi connectivity index (χ4n) is 2.59. The Morgan fingerprint density at radius 3 is 3.00 bits per heavy atom. The maximum atomic E-state index is 11.8. The summed E-state index contributed by atoms with van der Waals surface area (Å²) in [5.41, 5.74) is 5.43. The SMILES string of the molecule is COC1CC(n2cnc3c(=O)[nH]c(N)nc32)OC1COP(=O)(O)O. The lowest BCUT2D eigenvalue weighted by atomic mass is 10.2. The molecule has 0 spiro atoms. The standard InChI is InChI=1S/C11H16N5O7P/c1-21-5-2-7(23-6(5)3-22-24(18,19)20)16-4-13-8-9(16)14-11(12)15-10(8)17/h4-7H,2-3H2,1H3,(H2,18,19,20)(H3,12,14,15,17). The molecule has 1 aliphatic heterocycles. The fraction of sp³-hybridized carbons (Fsp3) is 0.545. The number of anilines is 1. The Morgan fingerprint density at radius 2 is 2.33 bits per heavy atom. The number of nitrogens with two attached hydrogens (primary N) is 1. The monoisotopic (exact) mass is 361 g/mol. The lowest BCUT2D eigenvalue weighted by Gasteiger charge is -2.17. The Morgan fingerprint density at radius 1 is 1.58 bits per heavy atom. The van der Waals surface area contributed by atoms with Crippen LogP contribution in [0.3, 0.4) is 0 Å². The smallest absolute Gasteiger partial charge is 0.378 e. The maximum Gasteiger partial charge on any atom is 0.469 e. The van der Waals surface area contributed by atoms with Gasteiger partial charge in [0.2, 0.25) is 5.95 Å². The molecule has 24 heavy (non-hydrogen) atoms. The van der Waals surface area contributed by atoms with E-state index in [2.05, 4.69) is 19.5 Å². The van der Waals surface area contributed by atoms with Gasteiger partial charge in [-0.3, -0.25) is 18.9 Å². The molecule has 0 radical (unpaired) electrons. The summed E-state index contributed by atoms with van der Waals surface area (Å²) in [4.78, 5) is 39.8. The van der Waals surface area contributed by atoms with Crippen LogP contribution in [0.2, 0.25) is 0 Å². The summed E-state index contributed by atoms with van der Waals surface area (Å²) in [5.74, 6) is -0.0584. The normalized spacial score (nSPS) is 24.7. The number of fused-ring (bicyclic) bond motifs is 1. The molecule has 3 rings (SSSR count). The molecule has 0 aliphatic carbocycles. The van der Waals surface area contributed by atoms with Crippen molar-refractivity contribution in [1.82, 2.24) is 19.5 Å². The Balaban J connectivity index is 1.86. The van der Waals surface area contributed by atoms with Gasteiger partial charge in [0.25, 0.3) is 5.56 Å². The number of H-pyrrole nitrogens is 1. The second-order valence-electron chi connectivity index (χ2n) is 5.20. The average Bonchev–Trinajstić information content (AvgIpc) is 3.07. The van der Waals surface area contributed by atoms with Crippen molar-refractivity contribution in [3.8, 4) is 0 Å². The zero-order chi connectivity index (χ0) is 17.5. The number of nitrogen functional groups attached to an aromatic ring is 1. The molecule has 3 unspecified atom stereocenters. The van der Waals surface area contributed by atoms with E-state index in [-0.39, 0.29) is 23.7 Å². The highest BCUT2D eigenvalue weighted by Crippen LogP contribution is 2.39. The molecule has 2 aromatic rings. The number of hydrogen-bond acceptors (Lipinski definition) is 8. The first-order chi connectivity index (χ1) is 11.3. The van der Waals surface area contributed by atoms with Crippen LogP contribution in [-0.4, -0.2) is 55.2 Å². The number of nitrogens with one attached hydrogen (secondary N) is 1. The van der Waals surface area contributed by atoms with Gasteiger partial charge in [-0.15, -0.1) is 0 Å². The van der Waals surface area contributed by atoms with E-state index >= 15 is 0 Å². The molecule has 13 heteroatoms. The second kappa shape index (κ2) is 6.24. The lowest BCUT2D eigenvalue weighted by molar-refractivity contribution is -0.0503. The molecule has 5 N–H and O–H groups in total. The summed E-state index contributed by atoms with van der Waals surface area (Å²) >= 11 is 0. The second-order valence-corrected chi connectivity index (χ2v) is 6.44. The van der Waals surface area contributed by atoms with E-state index in [4.69, 9.17) is 25.0 Å². The van der Waals surface area contributed by atoms with E-state index in [1.807, 2.05) is 0 Å². The summed E-state index contributed by atoms with van der Waals surface area (Å²) < 4.78 is 27.8. The van der Waals surface area contributed by atoms with E-state index in [0.717, 1.165) is 0 Å². The summed E-state index contributed by atoms with van der Waals surface area (Å²) in [6.07, 6.45) is -0.0247. The molecule has 132 valence electrons. The Bertz CT molecular complexity index is 845. The minimum atomic E-state index is -4.62. The predicted octanol–water partition coefficient (Wildman–Crippen LogP) is -0.886. The largest absolute Gasteiger partial charge is 0.469 e. The predicted molar refractivity (Wildman–Crippen MR) is 79.9 cm³/mol. The van der Waals surface area contributed by atoms with Gasteiger partial charge in [0.1, 0.15) is 12.3 Å². The first kappa shape index (κ1) is 17.0. The van der Waals surface area contributed by atoms with Gasteiger partial charge in [-0.25, -0.2) is 9.55 Å². The number of rotatable bonds is 5. The number of hydrogen-bond donors (Lipinski definition) is 4. The van der Waals surface area contributed by atoms with Gasteiger partial charge in [-0.05, 0) is 0 Å². The van der Waals surface area contributed by atoms with Gasteiger partial charge < -0.3 is 25.0 Å². The van der Waals surface area contributed by atoms with Crippen LogP contribution < -0.4 is 11.3 Å². The van der Waals surface area contributed by atoms with Crippen LogP contribution in [-0.2, 0) is 18.6 Å². The summed E-state index contributed by atoms with van der Waals surface area (Å²) in [6.45, 7) is -0.345.